The van der Waals surface area contributed by atoms with E-state index in [0.717, 1.165) is 5.69 Å². The molecule has 2 N–H and O–H groups in total. The molecular weight excluding hydrogens is 214 g/mol. The second-order valence-electron chi connectivity index (χ2n) is 3.52. The molecule has 0 saturated carbocycles. The minimum Gasteiger partial charge on any atom is -0.388 e. The van der Waals surface area contributed by atoms with E-state index in [1.54, 1.807) is 36.7 Å². The van der Waals surface area contributed by atoms with Crippen LogP contribution in [-0.4, -0.2) is 17.9 Å². The zero-order chi connectivity index (χ0) is 12.1. The summed E-state index contributed by atoms with van der Waals surface area (Å²) in [5, 5.41) is 5.77. The number of hydrogen-bond donors (Lipinski definition) is 2. The predicted molar refractivity (Wildman–Crippen MR) is 68.2 cm³/mol. The summed E-state index contributed by atoms with van der Waals surface area (Å²) in [4.78, 5) is 15.8. The van der Waals surface area contributed by atoms with Gasteiger partial charge < -0.3 is 10.6 Å². The van der Waals surface area contributed by atoms with E-state index in [9.17, 15) is 4.79 Å². The molecule has 1 amide bonds. The molecule has 0 aliphatic heterocycles. The normalized spacial score (nSPS) is 9.71. The summed E-state index contributed by atoms with van der Waals surface area (Å²) in [6.07, 6.45) is 3.28. The van der Waals surface area contributed by atoms with E-state index in [0.29, 0.717) is 11.3 Å². The van der Waals surface area contributed by atoms with Gasteiger partial charge in [0.2, 0.25) is 0 Å². The number of carbonyl (C=O) groups excluding carboxylic acids is 1. The van der Waals surface area contributed by atoms with Crippen LogP contribution in [0.15, 0.2) is 48.8 Å². The standard InChI is InChI=1S/C13H13N3O/c1-14-11-6-4-10(5-7-11)13(17)16-12-3-2-8-15-9-12/h2-9,14H,1H3,(H,16,17). The quantitative estimate of drug-likeness (QED) is 0.846. The number of anilines is 2. The van der Waals surface area contributed by atoms with Crippen molar-refractivity contribution in [2.45, 2.75) is 0 Å². The van der Waals surface area contributed by atoms with Gasteiger partial charge in [0.1, 0.15) is 0 Å². The fourth-order valence-corrected chi connectivity index (χ4v) is 1.43. The lowest BCUT2D eigenvalue weighted by Gasteiger charge is -2.05. The number of rotatable bonds is 3. The SMILES string of the molecule is CNc1ccc(C(=O)Nc2cccnc2)cc1. The molecule has 4 heteroatoms. The zero-order valence-corrected chi connectivity index (χ0v) is 9.47. The van der Waals surface area contributed by atoms with Crippen molar-refractivity contribution in [1.82, 2.24) is 4.98 Å². The van der Waals surface area contributed by atoms with E-state index in [1.807, 2.05) is 19.2 Å². The number of benzene rings is 1. The molecule has 2 rings (SSSR count). The lowest BCUT2D eigenvalue weighted by Crippen LogP contribution is -2.11. The Morgan fingerprint density at radius 1 is 1.12 bits per heavy atom. The van der Waals surface area contributed by atoms with Crippen LogP contribution >= 0.6 is 0 Å². The van der Waals surface area contributed by atoms with Gasteiger partial charge in [-0.2, -0.15) is 0 Å². The number of nitrogens with zero attached hydrogens (tertiary/aromatic N) is 1. The number of carbonyl (C=O) groups is 1. The molecule has 0 radical (unpaired) electrons. The van der Waals surface area contributed by atoms with Crippen molar-refractivity contribution in [3.63, 3.8) is 0 Å². The van der Waals surface area contributed by atoms with Gasteiger partial charge in [0.05, 0.1) is 11.9 Å². The molecule has 0 fully saturated rings. The zero-order valence-electron chi connectivity index (χ0n) is 9.47. The van der Waals surface area contributed by atoms with E-state index in [2.05, 4.69) is 15.6 Å². The third kappa shape index (κ3) is 2.81. The first-order chi connectivity index (χ1) is 8.29. The minimum atomic E-state index is -0.138. The van der Waals surface area contributed by atoms with Crippen molar-refractivity contribution in [3.8, 4) is 0 Å². The summed E-state index contributed by atoms with van der Waals surface area (Å²) >= 11 is 0. The molecule has 0 aliphatic carbocycles. The van der Waals surface area contributed by atoms with Crippen LogP contribution in [0.2, 0.25) is 0 Å². The Labute approximate surface area is 99.7 Å². The fraction of sp³-hybridized carbons (Fsp3) is 0.0769. The lowest BCUT2D eigenvalue weighted by atomic mass is 10.2. The Balaban J connectivity index is 2.09. The summed E-state index contributed by atoms with van der Waals surface area (Å²) in [6, 6.07) is 10.8. The molecule has 0 aliphatic rings. The molecule has 4 nitrogen and oxygen atoms in total. The predicted octanol–water partition coefficient (Wildman–Crippen LogP) is 2.38. The summed E-state index contributed by atoms with van der Waals surface area (Å²) < 4.78 is 0. The Morgan fingerprint density at radius 2 is 1.88 bits per heavy atom. The first kappa shape index (κ1) is 11.1. The molecule has 1 aromatic carbocycles. The van der Waals surface area contributed by atoms with E-state index in [4.69, 9.17) is 0 Å². The van der Waals surface area contributed by atoms with Crippen molar-refractivity contribution < 1.29 is 4.79 Å². The number of amides is 1. The highest BCUT2D eigenvalue weighted by atomic mass is 16.1. The van der Waals surface area contributed by atoms with Crippen LogP contribution in [0.3, 0.4) is 0 Å². The van der Waals surface area contributed by atoms with E-state index in [1.165, 1.54) is 0 Å². The summed E-state index contributed by atoms with van der Waals surface area (Å²) in [5.41, 5.74) is 2.28. The topological polar surface area (TPSA) is 54.0 Å². The van der Waals surface area contributed by atoms with Crippen molar-refractivity contribution in [3.05, 3.63) is 54.4 Å². The number of nitrogens with one attached hydrogen (secondary N) is 2. The summed E-state index contributed by atoms with van der Waals surface area (Å²) in [5.74, 6) is -0.138. The average Bonchev–Trinajstić information content (AvgIpc) is 2.40. The third-order valence-corrected chi connectivity index (χ3v) is 2.36. The second-order valence-corrected chi connectivity index (χ2v) is 3.52. The van der Waals surface area contributed by atoms with Gasteiger partial charge >= 0.3 is 0 Å². The van der Waals surface area contributed by atoms with Crippen molar-refractivity contribution in [1.29, 1.82) is 0 Å². The molecule has 1 heterocycles. The molecule has 0 bridgehead atoms. The van der Waals surface area contributed by atoms with E-state index < -0.39 is 0 Å². The van der Waals surface area contributed by atoms with Gasteiger partial charge in [0.15, 0.2) is 0 Å². The van der Waals surface area contributed by atoms with Gasteiger partial charge in [0, 0.05) is 24.5 Å². The Bertz CT molecular complexity index is 494. The highest BCUT2D eigenvalue weighted by molar-refractivity contribution is 6.04. The lowest BCUT2D eigenvalue weighted by molar-refractivity contribution is 0.102. The molecule has 2 aromatic rings. The van der Waals surface area contributed by atoms with Crippen LogP contribution in [0, 0.1) is 0 Å². The molecule has 0 atom stereocenters. The second kappa shape index (κ2) is 5.12. The van der Waals surface area contributed by atoms with Crippen molar-refractivity contribution in [2.24, 2.45) is 0 Å². The molecule has 0 saturated heterocycles. The summed E-state index contributed by atoms with van der Waals surface area (Å²) in [7, 11) is 1.84. The van der Waals surface area contributed by atoms with Gasteiger partial charge in [-0.25, -0.2) is 0 Å². The first-order valence-corrected chi connectivity index (χ1v) is 5.29. The van der Waals surface area contributed by atoms with Gasteiger partial charge in [-0.3, -0.25) is 9.78 Å². The average molecular weight is 227 g/mol. The minimum absolute atomic E-state index is 0.138. The number of pyridine rings is 1. The maximum Gasteiger partial charge on any atom is 0.255 e. The highest BCUT2D eigenvalue weighted by Gasteiger charge is 2.05. The molecule has 1 aromatic heterocycles. The Morgan fingerprint density at radius 3 is 2.47 bits per heavy atom. The maximum absolute atomic E-state index is 11.9. The molecule has 0 spiro atoms. The summed E-state index contributed by atoms with van der Waals surface area (Å²) in [6.45, 7) is 0. The maximum atomic E-state index is 11.9. The van der Waals surface area contributed by atoms with Gasteiger partial charge in [-0.15, -0.1) is 0 Å². The largest absolute Gasteiger partial charge is 0.388 e. The van der Waals surface area contributed by atoms with Gasteiger partial charge in [-0.05, 0) is 36.4 Å². The van der Waals surface area contributed by atoms with E-state index in [-0.39, 0.29) is 5.91 Å². The van der Waals surface area contributed by atoms with Crippen LogP contribution in [0.1, 0.15) is 10.4 Å². The molecule has 17 heavy (non-hydrogen) atoms. The molecular formula is C13H13N3O. The molecule has 0 unspecified atom stereocenters. The Hall–Kier alpha value is -2.36. The van der Waals surface area contributed by atoms with Crippen LogP contribution in [-0.2, 0) is 0 Å². The van der Waals surface area contributed by atoms with Crippen molar-refractivity contribution in [2.75, 3.05) is 17.7 Å². The molecule has 86 valence electrons. The highest BCUT2D eigenvalue weighted by Crippen LogP contribution is 2.11. The monoisotopic (exact) mass is 227 g/mol. The number of aromatic nitrogens is 1. The van der Waals surface area contributed by atoms with Crippen LogP contribution in [0.4, 0.5) is 11.4 Å². The first-order valence-electron chi connectivity index (χ1n) is 5.29. The fourth-order valence-electron chi connectivity index (χ4n) is 1.43. The number of hydrogen-bond acceptors (Lipinski definition) is 3. The van der Waals surface area contributed by atoms with Crippen LogP contribution < -0.4 is 10.6 Å². The third-order valence-electron chi connectivity index (χ3n) is 2.36. The van der Waals surface area contributed by atoms with E-state index >= 15 is 0 Å². The Kier molecular flexibility index (Phi) is 3.35. The van der Waals surface area contributed by atoms with Gasteiger partial charge in [0.25, 0.3) is 5.91 Å². The van der Waals surface area contributed by atoms with Crippen molar-refractivity contribution >= 4 is 17.3 Å². The van der Waals surface area contributed by atoms with Crippen LogP contribution in [0.25, 0.3) is 0 Å². The van der Waals surface area contributed by atoms with Crippen LogP contribution in [0.5, 0.6) is 0 Å². The van der Waals surface area contributed by atoms with Gasteiger partial charge in [-0.1, -0.05) is 0 Å². The smallest absolute Gasteiger partial charge is 0.255 e.